The Morgan fingerprint density at radius 2 is 2.21 bits per heavy atom. The van der Waals surface area contributed by atoms with Crippen molar-refractivity contribution in [1.29, 1.82) is 0 Å². The van der Waals surface area contributed by atoms with Gasteiger partial charge in [0.05, 0.1) is 6.04 Å². The van der Waals surface area contributed by atoms with Crippen molar-refractivity contribution in [3.63, 3.8) is 0 Å². The molecule has 5 heteroatoms. The van der Waals surface area contributed by atoms with Gasteiger partial charge in [-0.05, 0) is 26.2 Å². The van der Waals surface area contributed by atoms with E-state index in [9.17, 15) is 4.79 Å². The normalized spacial score (nSPS) is 18.0. The molecule has 1 aromatic rings. The maximum absolute atomic E-state index is 11.9. The minimum Gasteiger partial charge on any atom is -0.335 e. The Morgan fingerprint density at radius 1 is 1.47 bits per heavy atom. The van der Waals surface area contributed by atoms with Gasteiger partial charge >= 0.3 is 6.03 Å². The van der Waals surface area contributed by atoms with E-state index in [1.54, 1.807) is 11.3 Å². The highest BCUT2D eigenvalue weighted by atomic mass is 32.1. The summed E-state index contributed by atoms with van der Waals surface area (Å²) >= 11 is 1.68. The summed E-state index contributed by atoms with van der Waals surface area (Å²) in [6.45, 7) is 4.10. The summed E-state index contributed by atoms with van der Waals surface area (Å²) in [5.74, 6) is 0. The molecule has 0 radical (unpaired) electrons. The molecule has 2 N–H and O–H groups in total. The van der Waals surface area contributed by atoms with E-state index in [-0.39, 0.29) is 12.1 Å². The number of thiazole rings is 1. The van der Waals surface area contributed by atoms with Crippen molar-refractivity contribution in [2.24, 2.45) is 0 Å². The Hall–Kier alpha value is -1.10. The number of hydrogen-bond acceptors (Lipinski definition) is 3. The molecule has 0 aliphatic heterocycles. The summed E-state index contributed by atoms with van der Waals surface area (Å²) in [5, 5.41) is 7.03. The van der Waals surface area contributed by atoms with Crippen LogP contribution in [0.15, 0.2) is 6.20 Å². The Balaban J connectivity index is 1.80. The zero-order chi connectivity index (χ0) is 13.7. The molecule has 1 heterocycles. The first-order valence-corrected chi connectivity index (χ1v) is 8.02. The lowest BCUT2D eigenvalue weighted by molar-refractivity contribution is 0.229. The van der Waals surface area contributed by atoms with E-state index in [1.807, 2.05) is 13.1 Å². The average molecular weight is 281 g/mol. The average Bonchev–Trinajstić information content (AvgIpc) is 2.88. The third kappa shape index (κ3) is 4.20. The first-order valence-electron chi connectivity index (χ1n) is 7.20. The van der Waals surface area contributed by atoms with E-state index in [1.165, 1.54) is 24.1 Å². The molecule has 4 nitrogen and oxygen atoms in total. The number of carbonyl (C=O) groups excluding carboxylic acids is 1. The van der Waals surface area contributed by atoms with Crippen molar-refractivity contribution in [3.8, 4) is 0 Å². The summed E-state index contributed by atoms with van der Waals surface area (Å²) in [6.07, 6.45) is 8.88. The molecule has 2 rings (SSSR count). The molecule has 2 amide bonds. The molecule has 106 valence electrons. The van der Waals surface area contributed by atoms with Gasteiger partial charge in [-0.15, -0.1) is 11.3 Å². The summed E-state index contributed by atoms with van der Waals surface area (Å²) < 4.78 is 0. The number of nitrogens with one attached hydrogen (secondary N) is 2. The largest absolute Gasteiger partial charge is 0.335 e. The maximum Gasteiger partial charge on any atom is 0.315 e. The summed E-state index contributed by atoms with van der Waals surface area (Å²) in [7, 11) is 0. The van der Waals surface area contributed by atoms with Crippen LogP contribution in [0.3, 0.4) is 0 Å². The summed E-state index contributed by atoms with van der Waals surface area (Å²) in [5.41, 5.74) is 0. The lowest BCUT2D eigenvalue weighted by atomic mass is 9.96. The minimum absolute atomic E-state index is 0.0195. The molecule has 0 saturated heterocycles. The Bertz CT molecular complexity index is 413. The second kappa shape index (κ2) is 6.89. The van der Waals surface area contributed by atoms with Crippen molar-refractivity contribution in [1.82, 2.24) is 15.6 Å². The fourth-order valence-corrected chi connectivity index (χ4v) is 3.28. The number of urea groups is 1. The predicted octanol–water partition coefficient (Wildman–Crippen LogP) is 3.40. The van der Waals surface area contributed by atoms with Crippen LogP contribution >= 0.6 is 11.3 Å². The van der Waals surface area contributed by atoms with Crippen LogP contribution in [0.4, 0.5) is 4.79 Å². The second-order valence-corrected chi connectivity index (χ2v) is 6.34. The fraction of sp³-hybridized carbons (Fsp3) is 0.714. The third-order valence-electron chi connectivity index (χ3n) is 3.58. The van der Waals surface area contributed by atoms with Gasteiger partial charge in [0.25, 0.3) is 0 Å². The van der Waals surface area contributed by atoms with Crippen molar-refractivity contribution in [3.05, 3.63) is 16.1 Å². The molecule has 1 atom stereocenters. The number of rotatable bonds is 4. The SMILES string of the molecule is CCc1cnc(C(C)NC(=O)NC2CCCCC2)s1. The van der Waals surface area contributed by atoms with Gasteiger partial charge in [-0.2, -0.15) is 0 Å². The van der Waals surface area contributed by atoms with Gasteiger partial charge in [-0.25, -0.2) is 9.78 Å². The highest BCUT2D eigenvalue weighted by molar-refractivity contribution is 7.11. The summed E-state index contributed by atoms with van der Waals surface area (Å²) in [4.78, 5) is 17.5. The zero-order valence-electron chi connectivity index (χ0n) is 11.7. The molecule has 1 saturated carbocycles. The molecular weight excluding hydrogens is 258 g/mol. The number of nitrogens with zero attached hydrogens (tertiary/aromatic N) is 1. The van der Waals surface area contributed by atoms with Crippen molar-refractivity contribution in [2.75, 3.05) is 0 Å². The number of carbonyl (C=O) groups is 1. The van der Waals surface area contributed by atoms with Crippen LogP contribution in [0.5, 0.6) is 0 Å². The first-order chi connectivity index (χ1) is 9.19. The standard InChI is InChI=1S/C14H23N3OS/c1-3-12-9-15-13(19-12)10(2)16-14(18)17-11-7-5-4-6-8-11/h9-11H,3-8H2,1-2H3,(H2,16,17,18). The number of hydrogen-bond donors (Lipinski definition) is 2. The predicted molar refractivity (Wildman–Crippen MR) is 78.4 cm³/mol. The monoisotopic (exact) mass is 281 g/mol. The van der Waals surface area contributed by atoms with Crippen LogP contribution in [0.1, 0.15) is 61.9 Å². The van der Waals surface area contributed by atoms with Gasteiger partial charge in [0.15, 0.2) is 0 Å². The van der Waals surface area contributed by atoms with Crippen molar-refractivity contribution in [2.45, 2.75) is 64.5 Å². The molecule has 1 aromatic heterocycles. The van der Waals surface area contributed by atoms with Crippen molar-refractivity contribution >= 4 is 17.4 Å². The Labute approximate surface area is 119 Å². The van der Waals surface area contributed by atoms with Crippen LogP contribution in [0, 0.1) is 0 Å². The Kier molecular flexibility index (Phi) is 5.19. The highest BCUT2D eigenvalue weighted by Gasteiger charge is 2.18. The quantitative estimate of drug-likeness (QED) is 0.888. The van der Waals surface area contributed by atoms with Gasteiger partial charge in [0, 0.05) is 17.1 Å². The first kappa shape index (κ1) is 14.3. The third-order valence-corrected chi connectivity index (χ3v) is 4.90. The molecule has 1 aliphatic carbocycles. The molecule has 0 aromatic carbocycles. The number of aromatic nitrogens is 1. The minimum atomic E-state index is -0.0624. The van der Waals surface area contributed by atoms with E-state index < -0.39 is 0 Å². The van der Waals surface area contributed by atoms with Crippen LogP contribution in [0.2, 0.25) is 0 Å². The van der Waals surface area contributed by atoms with Crippen LogP contribution in [-0.4, -0.2) is 17.1 Å². The van der Waals surface area contributed by atoms with Crippen LogP contribution in [-0.2, 0) is 6.42 Å². The second-order valence-electron chi connectivity index (χ2n) is 5.19. The van der Waals surface area contributed by atoms with Crippen molar-refractivity contribution < 1.29 is 4.79 Å². The number of amides is 2. The lowest BCUT2D eigenvalue weighted by Gasteiger charge is -2.23. The topological polar surface area (TPSA) is 54.0 Å². The van der Waals surface area contributed by atoms with Gasteiger partial charge in [0.2, 0.25) is 0 Å². The van der Waals surface area contributed by atoms with Gasteiger partial charge in [-0.1, -0.05) is 26.2 Å². The molecule has 19 heavy (non-hydrogen) atoms. The van der Waals surface area contributed by atoms with E-state index in [0.717, 1.165) is 24.3 Å². The molecule has 0 bridgehead atoms. The maximum atomic E-state index is 11.9. The smallest absolute Gasteiger partial charge is 0.315 e. The fourth-order valence-electron chi connectivity index (χ4n) is 2.42. The lowest BCUT2D eigenvalue weighted by Crippen LogP contribution is -2.43. The van der Waals surface area contributed by atoms with Gasteiger partial charge in [-0.3, -0.25) is 0 Å². The molecular formula is C14H23N3OS. The van der Waals surface area contributed by atoms with E-state index in [2.05, 4.69) is 22.5 Å². The number of aryl methyl sites for hydroxylation is 1. The van der Waals surface area contributed by atoms with Gasteiger partial charge < -0.3 is 10.6 Å². The Morgan fingerprint density at radius 3 is 2.84 bits per heavy atom. The van der Waals surface area contributed by atoms with Gasteiger partial charge in [0.1, 0.15) is 5.01 Å². The van der Waals surface area contributed by atoms with Crippen LogP contribution in [0.25, 0.3) is 0 Å². The highest BCUT2D eigenvalue weighted by Crippen LogP contribution is 2.20. The van der Waals surface area contributed by atoms with Crippen LogP contribution < -0.4 is 10.6 Å². The zero-order valence-corrected chi connectivity index (χ0v) is 12.6. The molecule has 1 fully saturated rings. The molecule has 1 aliphatic rings. The van der Waals surface area contributed by atoms with E-state index >= 15 is 0 Å². The van der Waals surface area contributed by atoms with E-state index in [4.69, 9.17) is 0 Å². The summed E-state index contributed by atoms with van der Waals surface area (Å²) in [6, 6.07) is 0.269. The molecule has 0 spiro atoms. The van der Waals surface area contributed by atoms with E-state index in [0.29, 0.717) is 6.04 Å². The molecule has 1 unspecified atom stereocenters.